The third-order valence-electron chi connectivity index (χ3n) is 4.32. The molecule has 0 unspecified atom stereocenters. The number of nitrogens with one attached hydrogen (secondary N) is 4. The highest BCUT2D eigenvalue weighted by atomic mass is 16.2. The number of hydrogen-bond acceptors (Lipinski definition) is 4. The Morgan fingerprint density at radius 2 is 1.47 bits per heavy atom. The number of benzene rings is 2. The molecule has 0 spiro atoms. The van der Waals surface area contributed by atoms with Gasteiger partial charge < -0.3 is 21.3 Å². The number of unbranched alkanes of at least 4 members (excludes halogenated alkanes) is 1. The van der Waals surface area contributed by atoms with E-state index in [9.17, 15) is 14.4 Å². The van der Waals surface area contributed by atoms with E-state index in [0.29, 0.717) is 35.6 Å². The van der Waals surface area contributed by atoms with E-state index in [2.05, 4.69) is 28.2 Å². The Kier molecular flexibility index (Phi) is 9.37. The number of carbonyl (C=O) groups excluding carboxylic acids is 3. The summed E-state index contributed by atoms with van der Waals surface area (Å²) in [6, 6.07) is 14.0. The van der Waals surface area contributed by atoms with Crippen LogP contribution in [0.1, 0.15) is 49.9 Å². The van der Waals surface area contributed by atoms with E-state index in [1.54, 1.807) is 42.5 Å². The zero-order chi connectivity index (χ0) is 21.8. The van der Waals surface area contributed by atoms with Gasteiger partial charge in [0.05, 0.1) is 6.54 Å². The molecule has 0 aliphatic rings. The summed E-state index contributed by atoms with van der Waals surface area (Å²) in [6.45, 7) is 4.73. The summed E-state index contributed by atoms with van der Waals surface area (Å²) in [4.78, 5) is 36.0. The molecule has 0 heterocycles. The van der Waals surface area contributed by atoms with Crippen molar-refractivity contribution in [1.29, 1.82) is 0 Å². The lowest BCUT2D eigenvalue weighted by Gasteiger charge is -2.10. The van der Waals surface area contributed by atoms with Gasteiger partial charge in [0.1, 0.15) is 0 Å². The predicted octanol–water partition coefficient (Wildman–Crippen LogP) is 4.01. The first-order valence-corrected chi connectivity index (χ1v) is 10.3. The Bertz CT molecular complexity index is 850. The summed E-state index contributed by atoms with van der Waals surface area (Å²) < 4.78 is 0. The Balaban J connectivity index is 1.82. The van der Waals surface area contributed by atoms with Crippen LogP contribution in [0.25, 0.3) is 0 Å². The fourth-order valence-electron chi connectivity index (χ4n) is 2.73. The lowest BCUT2D eigenvalue weighted by atomic mass is 10.2. The van der Waals surface area contributed by atoms with Gasteiger partial charge in [0.2, 0.25) is 11.8 Å². The zero-order valence-corrected chi connectivity index (χ0v) is 17.6. The maximum atomic E-state index is 12.2. The minimum atomic E-state index is -0.212. The van der Waals surface area contributed by atoms with Gasteiger partial charge in [-0.25, -0.2) is 0 Å². The van der Waals surface area contributed by atoms with E-state index >= 15 is 0 Å². The normalized spacial score (nSPS) is 10.2. The topological polar surface area (TPSA) is 99.3 Å². The maximum absolute atomic E-state index is 12.2. The Morgan fingerprint density at radius 3 is 2.10 bits per heavy atom. The molecule has 0 saturated carbocycles. The smallest absolute Gasteiger partial charge is 0.251 e. The summed E-state index contributed by atoms with van der Waals surface area (Å²) in [6.07, 6.45) is 3.23. The van der Waals surface area contributed by atoms with E-state index in [-0.39, 0.29) is 24.3 Å². The quantitative estimate of drug-likeness (QED) is 0.421. The monoisotopic (exact) mass is 410 g/mol. The van der Waals surface area contributed by atoms with E-state index < -0.39 is 0 Å². The number of hydrogen-bond donors (Lipinski definition) is 4. The van der Waals surface area contributed by atoms with E-state index in [4.69, 9.17) is 0 Å². The van der Waals surface area contributed by atoms with Crippen molar-refractivity contribution >= 4 is 34.8 Å². The van der Waals surface area contributed by atoms with Crippen molar-refractivity contribution in [3.05, 3.63) is 54.1 Å². The molecule has 0 aromatic heterocycles. The maximum Gasteiger partial charge on any atom is 0.251 e. The molecule has 0 aliphatic carbocycles. The van der Waals surface area contributed by atoms with Crippen LogP contribution in [-0.4, -0.2) is 30.8 Å². The van der Waals surface area contributed by atoms with Crippen LogP contribution in [0.5, 0.6) is 0 Å². The summed E-state index contributed by atoms with van der Waals surface area (Å²) in [7, 11) is 0. The van der Waals surface area contributed by atoms with Gasteiger partial charge in [-0.15, -0.1) is 0 Å². The van der Waals surface area contributed by atoms with Crippen LogP contribution in [0.4, 0.5) is 17.1 Å². The highest BCUT2D eigenvalue weighted by molar-refractivity contribution is 5.96. The number of rotatable bonds is 11. The van der Waals surface area contributed by atoms with Gasteiger partial charge in [-0.2, -0.15) is 0 Å². The van der Waals surface area contributed by atoms with Crippen molar-refractivity contribution < 1.29 is 14.4 Å². The van der Waals surface area contributed by atoms with Crippen LogP contribution < -0.4 is 21.3 Å². The number of amides is 3. The second-order valence-corrected chi connectivity index (χ2v) is 6.97. The van der Waals surface area contributed by atoms with Crippen molar-refractivity contribution in [1.82, 2.24) is 5.32 Å². The van der Waals surface area contributed by atoms with Gasteiger partial charge >= 0.3 is 0 Å². The molecule has 160 valence electrons. The van der Waals surface area contributed by atoms with Crippen LogP contribution >= 0.6 is 0 Å². The van der Waals surface area contributed by atoms with Gasteiger partial charge in [0.15, 0.2) is 0 Å². The third-order valence-corrected chi connectivity index (χ3v) is 4.32. The fraction of sp³-hybridized carbons (Fsp3) is 0.348. The lowest BCUT2D eigenvalue weighted by Crippen LogP contribution is -2.25. The lowest BCUT2D eigenvalue weighted by molar-refractivity contribution is -0.116. The molecule has 2 rings (SSSR count). The molecule has 7 heteroatoms. The molecule has 30 heavy (non-hydrogen) atoms. The fourth-order valence-corrected chi connectivity index (χ4v) is 2.73. The van der Waals surface area contributed by atoms with Crippen LogP contribution in [0.3, 0.4) is 0 Å². The molecule has 4 N–H and O–H groups in total. The molecule has 3 amide bonds. The van der Waals surface area contributed by atoms with Crippen molar-refractivity contribution in [2.45, 2.75) is 39.5 Å². The highest BCUT2D eigenvalue weighted by Crippen LogP contribution is 2.14. The van der Waals surface area contributed by atoms with Gasteiger partial charge in [-0.1, -0.05) is 26.3 Å². The largest absolute Gasteiger partial charge is 0.376 e. The van der Waals surface area contributed by atoms with Gasteiger partial charge in [0.25, 0.3) is 5.91 Å². The molecule has 0 fully saturated rings. The van der Waals surface area contributed by atoms with Gasteiger partial charge in [0, 0.05) is 35.6 Å². The molecule has 0 radical (unpaired) electrons. The van der Waals surface area contributed by atoms with E-state index in [1.807, 2.05) is 13.0 Å². The minimum Gasteiger partial charge on any atom is -0.376 e. The van der Waals surface area contributed by atoms with Crippen LogP contribution in [-0.2, 0) is 9.59 Å². The first kappa shape index (κ1) is 22.9. The SMILES string of the molecule is CCCCNC(=O)c1cccc(NCC(=O)Nc2ccc(NC(=O)CCC)cc2)c1. The number of anilines is 3. The average Bonchev–Trinajstić information content (AvgIpc) is 2.74. The minimum absolute atomic E-state index is 0.0280. The molecule has 0 saturated heterocycles. The molecule has 0 bridgehead atoms. The van der Waals surface area contributed by atoms with Gasteiger partial charge in [-0.3, -0.25) is 14.4 Å². The average molecular weight is 411 g/mol. The van der Waals surface area contributed by atoms with Crippen LogP contribution in [0.2, 0.25) is 0 Å². The summed E-state index contributed by atoms with van der Waals surface area (Å²) in [5.74, 6) is -0.363. The summed E-state index contributed by atoms with van der Waals surface area (Å²) in [5, 5.41) is 11.5. The predicted molar refractivity (Wildman–Crippen MR) is 121 cm³/mol. The molecule has 0 aliphatic heterocycles. The Labute approximate surface area is 177 Å². The highest BCUT2D eigenvalue weighted by Gasteiger charge is 2.07. The second kappa shape index (κ2) is 12.3. The third kappa shape index (κ3) is 7.95. The second-order valence-electron chi connectivity index (χ2n) is 6.97. The molecular formula is C23H30N4O3. The summed E-state index contributed by atoms with van der Waals surface area (Å²) >= 11 is 0. The molecule has 7 nitrogen and oxygen atoms in total. The molecule has 0 atom stereocenters. The first-order chi connectivity index (χ1) is 14.5. The Morgan fingerprint density at radius 1 is 0.800 bits per heavy atom. The standard InChI is InChI=1S/C23H30N4O3/c1-3-5-14-24-23(30)17-8-6-9-20(15-17)25-16-22(29)27-19-12-10-18(11-13-19)26-21(28)7-4-2/h6,8-13,15,25H,3-5,7,14,16H2,1-2H3,(H,24,30)(H,26,28)(H,27,29). The van der Waals surface area contributed by atoms with Crippen molar-refractivity contribution in [3.63, 3.8) is 0 Å². The first-order valence-electron chi connectivity index (χ1n) is 10.3. The van der Waals surface area contributed by atoms with E-state index in [1.165, 1.54) is 0 Å². The van der Waals surface area contributed by atoms with Gasteiger partial charge in [-0.05, 0) is 55.3 Å². The van der Waals surface area contributed by atoms with Crippen molar-refractivity contribution in [2.24, 2.45) is 0 Å². The van der Waals surface area contributed by atoms with E-state index in [0.717, 1.165) is 19.3 Å². The summed E-state index contributed by atoms with van der Waals surface area (Å²) in [5.41, 5.74) is 2.58. The number of carbonyl (C=O) groups is 3. The van der Waals surface area contributed by atoms with Crippen molar-refractivity contribution in [3.8, 4) is 0 Å². The zero-order valence-electron chi connectivity index (χ0n) is 17.6. The molecular weight excluding hydrogens is 380 g/mol. The molecule has 2 aromatic rings. The Hall–Kier alpha value is -3.35. The van der Waals surface area contributed by atoms with Crippen LogP contribution in [0.15, 0.2) is 48.5 Å². The van der Waals surface area contributed by atoms with Crippen LogP contribution in [0, 0.1) is 0 Å². The van der Waals surface area contributed by atoms with Crippen molar-refractivity contribution in [2.75, 3.05) is 29.0 Å². The molecule has 2 aromatic carbocycles.